The van der Waals surface area contributed by atoms with Crippen LogP contribution in [0.2, 0.25) is 5.02 Å². The molecule has 6 heteroatoms. The number of hydrogen-bond acceptors (Lipinski definition) is 5. The van der Waals surface area contributed by atoms with Gasteiger partial charge in [-0.05, 0) is 41.5 Å². The molecule has 3 atom stereocenters. The number of ether oxygens (including phenoxy) is 1. The number of Topliss-reactive ketones (excluding diaryl/α,β-unsaturated/α-hetero) is 3. The number of ketones is 3. The lowest BCUT2D eigenvalue weighted by molar-refractivity contribution is 0.0666. The first-order valence-electron chi connectivity index (χ1n) is 13.1. The van der Waals surface area contributed by atoms with E-state index in [-0.39, 0.29) is 17.3 Å². The second-order valence-electron chi connectivity index (χ2n) is 10.4. The van der Waals surface area contributed by atoms with E-state index >= 15 is 0 Å². The quantitative estimate of drug-likeness (QED) is 0.212. The summed E-state index contributed by atoms with van der Waals surface area (Å²) in [6, 6.07) is 27.4. The van der Waals surface area contributed by atoms with E-state index in [9.17, 15) is 14.4 Å². The van der Waals surface area contributed by atoms with Gasteiger partial charge in [0, 0.05) is 33.3 Å². The molecule has 7 rings (SSSR count). The van der Waals surface area contributed by atoms with Gasteiger partial charge in [-0.15, -0.1) is 0 Å². The molecule has 40 heavy (non-hydrogen) atoms. The van der Waals surface area contributed by atoms with Crippen LogP contribution in [0.1, 0.15) is 48.1 Å². The van der Waals surface area contributed by atoms with Gasteiger partial charge in [-0.25, -0.2) is 0 Å². The molecule has 0 N–H and O–H groups in total. The largest absolute Gasteiger partial charge is 0.497 e. The van der Waals surface area contributed by atoms with Gasteiger partial charge in [0.05, 0.1) is 13.2 Å². The van der Waals surface area contributed by atoms with Crippen molar-refractivity contribution in [2.45, 2.75) is 18.0 Å². The Morgan fingerprint density at radius 2 is 1.52 bits per heavy atom. The monoisotopic (exact) mass is 545 g/mol. The first kappa shape index (κ1) is 24.6. The van der Waals surface area contributed by atoms with Gasteiger partial charge in [-0.1, -0.05) is 90.5 Å². The summed E-state index contributed by atoms with van der Waals surface area (Å²) in [6.07, 6.45) is 3.88. The molecule has 196 valence electrons. The predicted molar refractivity (Wildman–Crippen MR) is 155 cm³/mol. The van der Waals surface area contributed by atoms with Gasteiger partial charge in [-0.3, -0.25) is 14.4 Å². The number of nitrogens with zero attached hydrogens (tertiary/aromatic N) is 1. The van der Waals surface area contributed by atoms with E-state index in [2.05, 4.69) is 0 Å². The highest BCUT2D eigenvalue weighted by molar-refractivity contribution is 6.32. The van der Waals surface area contributed by atoms with Crippen LogP contribution >= 0.6 is 11.6 Å². The van der Waals surface area contributed by atoms with Crippen LogP contribution in [0.25, 0.3) is 6.08 Å². The molecule has 1 fully saturated rings. The zero-order chi connectivity index (χ0) is 27.6. The molecular formula is C34H24ClNO4. The summed E-state index contributed by atoms with van der Waals surface area (Å²) >= 11 is 6.28. The SMILES string of the molecule is COc1cccc(C(=O)[C@H]2[C@H](c3ccc(Cl)cc3)C3(C(=O)c4ccccc4C3=O)[C@H]3C=Cc4ccccc4N23)c1. The summed E-state index contributed by atoms with van der Waals surface area (Å²) in [5, 5.41) is 0.529. The highest BCUT2D eigenvalue weighted by atomic mass is 35.5. The highest BCUT2D eigenvalue weighted by Crippen LogP contribution is 2.61. The van der Waals surface area contributed by atoms with Gasteiger partial charge in [0.15, 0.2) is 17.3 Å². The predicted octanol–water partition coefficient (Wildman–Crippen LogP) is 6.66. The van der Waals surface area contributed by atoms with Crippen molar-refractivity contribution >= 4 is 40.7 Å². The molecule has 0 unspecified atom stereocenters. The van der Waals surface area contributed by atoms with E-state index < -0.39 is 23.4 Å². The van der Waals surface area contributed by atoms with Crippen LogP contribution in [0.5, 0.6) is 5.75 Å². The lowest BCUT2D eigenvalue weighted by Gasteiger charge is -2.37. The van der Waals surface area contributed by atoms with Crippen molar-refractivity contribution < 1.29 is 19.1 Å². The van der Waals surface area contributed by atoms with Crippen molar-refractivity contribution in [1.29, 1.82) is 0 Å². The lowest BCUT2D eigenvalue weighted by atomic mass is 9.64. The van der Waals surface area contributed by atoms with Gasteiger partial charge in [0.1, 0.15) is 17.2 Å². The summed E-state index contributed by atoms with van der Waals surface area (Å²) in [5.41, 5.74) is 2.14. The minimum atomic E-state index is -1.54. The zero-order valence-corrected chi connectivity index (χ0v) is 22.3. The zero-order valence-electron chi connectivity index (χ0n) is 21.6. The Bertz CT molecular complexity index is 1710. The van der Waals surface area contributed by atoms with Crippen LogP contribution in [-0.2, 0) is 0 Å². The second kappa shape index (κ2) is 9.04. The molecule has 4 aromatic carbocycles. The van der Waals surface area contributed by atoms with Gasteiger partial charge in [0.2, 0.25) is 0 Å². The third-order valence-electron chi connectivity index (χ3n) is 8.56. The lowest BCUT2D eigenvalue weighted by Crippen LogP contribution is -2.48. The number of fused-ring (bicyclic) bond motifs is 5. The molecule has 2 heterocycles. The van der Waals surface area contributed by atoms with E-state index in [4.69, 9.17) is 16.3 Å². The number of anilines is 1. The molecule has 0 radical (unpaired) electrons. The van der Waals surface area contributed by atoms with Crippen LogP contribution in [0.3, 0.4) is 0 Å². The van der Waals surface area contributed by atoms with E-state index in [1.807, 2.05) is 53.5 Å². The normalized spacial score (nSPS) is 21.8. The molecule has 1 saturated heterocycles. The topological polar surface area (TPSA) is 63.7 Å². The highest BCUT2D eigenvalue weighted by Gasteiger charge is 2.71. The Hall–Kier alpha value is -4.48. The third kappa shape index (κ3) is 3.24. The molecule has 4 aromatic rings. The summed E-state index contributed by atoms with van der Waals surface area (Å²) in [7, 11) is 1.56. The first-order valence-corrected chi connectivity index (χ1v) is 13.5. The fourth-order valence-electron chi connectivity index (χ4n) is 6.91. The summed E-state index contributed by atoms with van der Waals surface area (Å²) in [5.74, 6) is -0.933. The molecule has 1 aliphatic carbocycles. The standard InChI is InChI=1S/C34H24ClNO4/c1-40-24-9-6-8-22(19-24)31(37)30-29(21-13-16-23(35)17-14-21)34(32(38)25-10-3-4-11-26(25)33(34)39)28-18-15-20-7-2-5-12-27(20)36(28)30/h2-19,28-30H,1H3/t28-,29+,30-/m1/s1. The molecule has 0 saturated carbocycles. The van der Waals surface area contributed by atoms with Crippen molar-refractivity contribution in [3.8, 4) is 5.75 Å². The van der Waals surface area contributed by atoms with Gasteiger partial charge >= 0.3 is 0 Å². The minimum absolute atomic E-state index is 0.192. The molecule has 0 amide bonds. The molecule has 5 nitrogen and oxygen atoms in total. The van der Waals surface area contributed by atoms with Crippen LogP contribution in [0.15, 0.2) is 103 Å². The van der Waals surface area contributed by atoms with E-state index in [0.717, 1.165) is 11.3 Å². The van der Waals surface area contributed by atoms with E-state index in [0.29, 0.717) is 33.0 Å². The van der Waals surface area contributed by atoms with Crippen LogP contribution in [0.4, 0.5) is 5.69 Å². The average molecular weight is 546 g/mol. The number of carbonyl (C=O) groups excluding carboxylic acids is 3. The van der Waals surface area contributed by atoms with Crippen LogP contribution < -0.4 is 9.64 Å². The van der Waals surface area contributed by atoms with Crippen molar-refractivity contribution in [3.63, 3.8) is 0 Å². The van der Waals surface area contributed by atoms with Crippen molar-refractivity contribution in [2.24, 2.45) is 5.41 Å². The fraction of sp³-hybridized carbons (Fsp3) is 0.147. The minimum Gasteiger partial charge on any atom is -0.497 e. The van der Waals surface area contributed by atoms with Crippen LogP contribution in [0, 0.1) is 5.41 Å². The molecule has 0 bridgehead atoms. The number of rotatable bonds is 4. The molecule has 3 aliphatic rings. The average Bonchev–Trinajstić information content (AvgIpc) is 3.43. The Morgan fingerprint density at radius 1 is 0.850 bits per heavy atom. The number of methoxy groups -OCH3 is 1. The number of halogens is 1. The number of hydrogen-bond donors (Lipinski definition) is 0. The fourth-order valence-corrected chi connectivity index (χ4v) is 7.03. The molecular weight excluding hydrogens is 522 g/mol. The van der Waals surface area contributed by atoms with Crippen molar-refractivity contribution in [2.75, 3.05) is 12.0 Å². The maximum absolute atomic E-state index is 14.7. The maximum atomic E-state index is 14.7. The first-order chi connectivity index (χ1) is 19.5. The number of benzene rings is 4. The molecule has 1 spiro atoms. The Kier molecular flexibility index (Phi) is 5.55. The Morgan fingerprint density at radius 3 is 2.23 bits per heavy atom. The van der Waals surface area contributed by atoms with E-state index in [1.165, 1.54) is 0 Å². The molecule has 0 aromatic heterocycles. The van der Waals surface area contributed by atoms with Crippen molar-refractivity contribution in [3.05, 3.63) is 136 Å². The van der Waals surface area contributed by atoms with E-state index in [1.54, 1.807) is 67.8 Å². The summed E-state index contributed by atoms with van der Waals surface area (Å²) in [4.78, 5) is 45.9. The van der Waals surface area contributed by atoms with Gasteiger partial charge in [-0.2, -0.15) is 0 Å². The summed E-state index contributed by atoms with van der Waals surface area (Å²) < 4.78 is 5.43. The molecule has 2 aliphatic heterocycles. The number of carbonyl (C=O) groups is 3. The Balaban J connectivity index is 1.54. The number of para-hydroxylation sites is 1. The van der Waals surface area contributed by atoms with Crippen LogP contribution in [-0.4, -0.2) is 36.5 Å². The summed E-state index contributed by atoms with van der Waals surface area (Å²) in [6.45, 7) is 0. The van der Waals surface area contributed by atoms with Gasteiger partial charge < -0.3 is 9.64 Å². The Labute approximate surface area is 236 Å². The smallest absolute Gasteiger partial charge is 0.186 e. The maximum Gasteiger partial charge on any atom is 0.186 e. The van der Waals surface area contributed by atoms with Crippen molar-refractivity contribution in [1.82, 2.24) is 0 Å². The third-order valence-corrected chi connectivity index (χ3v) is 8.82. The second-order valence-corrected chi connectivity index (χ2v) is 10.8. The van der Waals surface area contributed by atoms with Gasteiger partial charge in [0.25, 0.3) is 0 Å².